The summed E-state index contributed by atoms with van der Waals surface area (Å²) in [5, 5.41) is 2.94. The van der Waals surface area contributed by atoms with Crippen LogP contribution in [0, 0.1) is 5.92 Å². The van der Waals surface area contributed by atoms with Crippen LogP contribution in [0.2, 0.25) is 0 Å². The van der Waals surface area contributed by atoms with Crippen molar-refractivity contribution in [2.75, 3.05) is 6.61 Å². The smallest absolute Gasteiger partial charge is 0.330 e. The lowest BCUT2D eigenvalue weighted by Gasteiger charge is -2.28. The van der Waals surface area contributed by atoms with E-state index >= 15 is 0 Å². The van der Waals surface area contributed by atoms with Crippen molar-refractivity contribution in [3.8, 4) is 0 Å². The number of carbonyl (C=O) groups excluding carboxylic acids is 4. The summed E-state index contributed by atoms with van der Waals surface area (Å²) < 4.78 is 5.27. The molecule has 32 heavy (non-hydrogen) atoms. The average molecular weight is 434 g/mol. The van der Waals surface area contributed by atoms with E-state index in [2.05, 4.69) is 11.4 Å². The van der Waals surface area contributed by atoms with E-state index in [4.69, 9.17) is 4.74 Å². The SMILES string of the molecule is CC(C)[C@@H](C(=O)OCC(=O)NC1CCCc2ccccc21)N1C(=O)c2ccccc2C1=O. The third-order valence-corrected chi connectivity index (χ3v) is 6.03. The number of aryl methyl sites for hydroxylation is 1. The Morgan fingerprint density at radius 2 is 1.66 bits per heavy atom. The molecule has 1 unspecified atom stereocenters. The molecular formula is C25H26N2O5. The lowest BCUT2D eigenvalue weighted by molar-refractivity contribution is -0.153. The molecule has 2 atom stereocenters. The van der Waals surface area contributed by atoms with Crippen LogP contribution >= 0.6 is 0 Å². The van der Waals surface area contributed by atoms with Crippen molar-refractivity contribution < 1.29 is 23.9 Å². The number of hydrogen-bond acceptors (Lipinski definition) is 5. The Morgan fingerprint density at radius 1 is 1.03 bits per heavy atom. The molecule has 1 aliphatic carbocycles. The maximum absolute atomic E-state index is 12.9. The summed E-state index contributed by atoms with van der Waals surface area (Å²) in [5.74, 6) is -2.61. The van der Waals surface area contributed by atoms with E-state index < -0.39 is 36.3 Å². The van der Waals surface area contributed by atoms with Gasteiger partial charge in [0.25, 0.3) is 17.7 Å². The standard InChI is InChI=1S/C25H26N2O5/c1-15(2)22(27-23(29)18-11-5-6-12-19(18)24(27)30)25(31)32-14-21(28)26-20-13-7-9-16-8-3-4-10-17(16)20/h3-6,8,10-12,15,20,22H,7,9,13-14H2,1-2H3,(H,26,28)/t20?,22-/m0/s1. The minimum Gasteiger partial charge on any atom is -0.454 e. The van der Waals surface area contributed by atoms with Gasteiger partial charge in [0.15, 0.2) is 6.61 Å². The van der Waals surface area contributed by atoms with E-state index in [1.54, 1.807) is 38.1 Å². The number of amides is 3. The minimum absolute atomic E-state index is 0.122. The molecule has 0 saturated heterocycles. The molecule has 3 amide bonds. The van der Waals surface area contributed by atoms with Crippen LogP contribution in [0.3, 0.4) is 0 Å². The molecule has 7 heteroatoms. The molecule has 2 aromatic carbocycles. The predicted molar refractivity (Wildman–Crippen MR) is 117 cm³/mol. The second kappa shape index (κ2) is 8.94. The summed E-state index contributed by atoms with van der Waals surface area (Å²) in [7, 11) is 0. The molecule has 2 aliphatic rings. The first-order valence-electron chi connectivity index (χ1n) is 10.9. The molecular weight excluding hydrogens is 408 g/mol. The average Bonchev–Trinajstić information content (AvgIpc) is 3.03. The largest absolute Gasteiger partial charge is 0.454 e. The Hall–Kier alpha value is -3.48. The van der Waals surface area contributed by atoms with Crippen molar-refractivity contribution in [1.82, 2.24) is 10.2 Å². The Labute approximate surface area is 186 Å². The van der Waals surface area contributed by atoms with E-state index in [1.807, 2.05) is 18.2 Å². The van der Waals surface area contributed by atoms with E-state index in [9.17, 15) is 19.2 Å². The normalized spacial score (nSPS) is 18.2. The van der Waals surface area contributed by atoms with Crippen LogP contribution in [0.5, 0.6) is 0 Å². The van der Waals surface area contributed by atoms with Gasteiger partial charge in [0.1, 0.15) is 6.04 Å². The molecule has 0 radical (unpaired) electrons. The van der Waals surface area contributed by atoms with Crippen LogP contribution in [0.15, 0.2) is 48.5 Å². The Kier molecular flexibility index (Phi) is 6.08. The van der Waals surface area contributed by atoms with E-state index in [0.717, 1.165) is 29.7 Å². The van der Waals surface area contributed by atoms with Crippen molar-refractivity contribution in [3.63, 3.8) is 0 Å². The fourth-order valence-electron chi connectivity index (χ4n) is 4.50. The number of imide groups is 1. The molecule has 0 bridgehead atoms. The van der Waals surface area contributed by atoms with Crippen molar-refractivity contribution in [1.29, 1.82) is 0 Å². The van der Waals surface area contributed by atoms with Gasteiger partial charge in [0.05, 0.1) is 17.2 Å². The van der Waals surface area contributed by atoms with Crippen molar-refractivity contribution in [3.05, 3.63) is 70.8 Å². The summed E-state index contributed by atoms with van der Waals surface area (Å²) in [5.41, 5.74) is 2.84. The summed E-state index contributed by atoms with van der Waals surface area (Å²) in [6.07, 6.45) is 2.77. The fourth-order valence-corrected chi connectivity index (χ4v) is 4.50. The van der Waals surface area contributed by atoms with Gasteiger partial charge in [-0.3, -0.25) is 19.3 Å². The van der Waals surface area contributed by atoms with Gasteiger partial charge in [-0.2, -0.15) is 0 Å². The first kappa shape index (κ1) is 21.7. The van der Waals surface area contributed by atoms with Gasteiger partial charge in [-0.1, -0.05) is 50.2 Å². The summed E-state index contributed by atoms with van der Waals surface area (Å²) in [6.45, 7) is 2.99. The zero-order valence-electron chi connectivity index (χ0n) is 18.2. The molecule has 1 N–H and O–H groups in total. The lowest BCUT2D eigenvalue weighted by atomic mass is 9.88. The molecule has 7 nitrogen and oxygen atoms in total. The topological polar surface area (TPSA) is 92.8 Å². The van der Waals surface area contributed by atoms with Gasteiger partial charge in [-0.25, -0.2) is 4.79 Å². The quantitative estimate of drug-likeness (QED) is 0.557. The number of rotatable bonds is 6. The van der Waals surface area contributed by atoms with Gasteiger partial charge in [-0.05, 0) is 48.4 Å². The van der Waals surface area contributed by atoms with Gasteiger partial charge in [0, 0.05) is 0 Å². The molecule has 1 heterocycles. The van der Waals surface area contributed by atoms with Gasteiger partial charge < -0.3 is 10.1 Å². The molecule has 0 fully saturated rings. The van der Waals surface area contributed by atoms with Crippen LogP contribution in [0.4, 0.5) is 0 Å². The van der Waals surface area contributed by atoms with Gasteiger partial charge in [0.2, 0.25) is 0 Å². The van der Waals surface area contributed by atoms with Crippen LogP contribution < -0.4 is 5.32 Å². The highest BCUT2D eigenvalue weighted by Crippen LogP contribution is 2.30. The van der Waals surface area contributed by atoms with Crippen LogP contribution in [0.1, 0.15) is 64.6 Å². The monoisotopic (exact) mass is 434 g/mol. The molecule has 0 spiro atoms. The second-order valence-electron chi connectivity index (χ2n) is 8.53. The number of nitrogens with one attached hydrogen (secondary N) is 1. The summed E-state index contributed by atoms with van der Waals surface area (Å²) in [6, 6.07) is 13.2. The Bertz CT molecular complexity index is 1040. The molecule has 0 aromatic heterocycles. The number of ether oxygens (including phenoxy) is 1. The molecule has 1 aliphatic heterocycles. The highest BCUT2D eigenvalue weighted by atomic mass is 16.5. The maximum Gasteiger partial charge on any atom is 0.330 e. The Morgan fingerprint density at radius 3 is 2.31 bits per heavy atom. The second-order valence-corrected chi connectivity index (χ2v) is 8.53. The van der Waals surface area contributed by atoms with Gasteiger partial charge >= 0.3 is 5.97 Å². The number of esters is 1. The Balaban J connectivity index is 1.41. The first-order valence-corrected chi connectivity index (χ1v) is 10.9. The van der Waals surface area contributed by atoms with Crippen molar-refractivity contribution in [2.24, 2.45) is 5.92 Å². The fraction of sp³-hybridized carbons (Fsp3) is 0.360. The highest BCUT2D eigenvalue weighted by molar-refractivity contribution is 6.22. The number of nitrogens with zero attached hydrogens (tertiary/aromatic N) is 1. The zero-order valence-corrected chi connectivity index (χ0v) is 18.2. The van der Waals surface area contributed by atoms with E-state index in [-0.39, 0.29) is 23.1 Å². The third kappa shape index (κ3) is 4.02. The van der Waals surface area contributed by atoms with E-state index in [1.165, 1.54) is 5.56 Å². The molecule has 2 aromatic rings. The van der Waals surface area contributed by atoms with Crippen LogP contribution in [-0.2, 0) is 20.7 Å². The molecule has 0 saturated carbocycles. The van der Waals surface area contributed by atoms with Crippen molar-refractivity contribution in [2.45, 2.75) is 45.2 Å². The van der Waals surface area contributed by atoms with Crippen LogP contribution in [-0.4, -0.2) is 41.2 Å². The van der Waals surface area contributed by atoms with Gasteiger partial charge in [-0.15, -0.1) is 0 Å². The third-order valence-electron chi connectivity index (χ3n) is 6.03. The number of hydrogen-bond donors (Lipinski definition) is 1. The lowest BCUT2D eigenvalue weighted by Crippen LogP contribution is -2.49. The highest BCUT2D eigenvalue weighted by Gasteiger charge is 2.44. The minimum atomic E-state index is -1.11. The molecule has 4 rings (SSSR count). The number of benzene rings is 2. The maximum atomic E-state index is 12.9. The molecule has 166 valence electrons. The summed E-state index contributed by atoms with van der Waals surface area (Å²) in [4.78, 5) is 51.9. The zero-order chi connectivity index (χ0) is 22.8. The van der Waals surface area contributed by atoms with Crippen LogP contribution in [0.25, 0.3) is 0 Å². The number of fused-ring (bicyclic) bond motifs is 2. The number of carbonyl (C=O) groups is 4. The first-order chi connectivity index (χ1) is 15.4. The summed E-state index contributed by atoms with van der Waals surface area (Å²) >= 11 is 0. The van der Waals surface area contributed by atoms with Crippen molar-refractivity contribution >= 4 is 23.7 Å². The van der Waals surface area contributed by atoms with E-state index in [0.29, 0.717) is 0 Å². The predicted octanol–water partition coefficient (Wildman–Crippen LogP) is 3.04.